The minimum absolute atomic E-state index is 0.385. The van der Waals surface area contributed by atoms with Gasteiger partial charge in [-0.1, -0.05) is 6.42 Å². The summed E-state index contributed by atoms with van der Waals surface area (Å²) < 4.78 is 1.72. The van der Waals surface area contributed by atoms with E-state index in [0.717, 1.165) is 19.6 Å². The molecule has 2 aliphatic rings. The molecule has 118 valence electrons. The van der Waals surface area contributed by atoms with E-state index in [0.29, 0.717) is 18.3 Å². The third-order valence-electron chi connectivity index (χ3n) is 4.67. The maximum absolute atomic E-state index is 10.2. The summed E-state index contributed by atoms with van der Waals surface area (Å²) in [5.74, 6) is 0. The van der Waals surface area contributed by atoms with Gasteiger partial charge in [-0.15, -0.1) is 0 Å². The van der Waals surface area contributed by atoms with Crippen molar-refractivity contribution in [3.63, 3.8) is 0 Å². The number of nitrogens with two attached hydrogens (primary N) is 1. The van der Waals surface area contributed by atoms with E-state index in [1.54, 1.807) is 17.1 Å². The number of aromatic nitrogens is 2. The fourth-order valence-corrected chi connectivity index (χ4v) is 3.61. The summed E-state index contributed by atoms with van der Waals surface area (Å²) >= 11 is 0. The molecule has 0 aromatic carbocycles. The van der Waals surface area contributed by atoms with Crippen molar-refractivity contribution in [3.8, 4) is 0 Å². The fraction of sp³-hybridized carbons (Fsp3) is 0.800. The van der Waals surface area contributed by atoms with E-state index in [2.05, 4.69) is 14.9 Å². The van der Waals surface area contributed by atoms with Crippen LogP contribution < -0.4 is 5.73 Å². The number of anilines is 1. The quantitative estimate of drug-likeness (QED) is 0.821. The first kappa shape index (κ1) is 14.8. The van der Waals surface area contributed by atoms with Crippen molar-refractivity contribution in [3.05, 3.63) is 12.4 Å². The predicted molar refractivity (Wildman–Crippen MR) is 82.9 cm³/mol. The Labute approximate surface area is 126 Å². The lowest BCUT2D eigenvalue weighted by atomic mass is 10.1. The summed E-state index contributed by atoms with van der Waals surface area (Å²) in [6.45, 7) is 5.95. The highest BCUT2D eigenvalue weighted by atomic mass is 16.3. The number of nitrogens with zero attached hydrogens (tertiary/aromatic N) is 4. The average molecular weight is 293 g/mol. The van der Waals surface area contributed by atoms with E-state index in [-0.39, 0.29) is 6.10 Å². The first-order valence-electron chi connectivity index (χ1n) is 8.13. The second-order valence-corrected chi connectivity index (χ2v) is 6.45. The number of aliphatic hydroxyl groups is 1. The van der Waals surface area contributed by atoms with Crippen molar-refractivity contribution in [2.75, 3.05) is 38.5 Å². The Morgan fingerprint density at radius 3 is 2.76 bits per heavy atom. The number of nitrogen functional groups attached to an aromatic ring is 1. The second-order valence-electron chi connectivity index (χ2n) is 6.45. The first-order valence-corrected chi connectivity index (χ1v) is 8.13. The predicted octanol–water partition coefficient (Wildman–Crippen LogP) is 0.386. The third kappa shape index (κ3) is 3.96. The molecule has 3 heterocycles. The fourth-order valence-electron chi connectivity index (χ4n) is 3.61. The lowest BCUT2D eigenvalue weighted by molar-refractivity contribution is 0.0979. The molecule has 0 amide bonds. The summed E-state index contributed by atoms with van der Waals surface area (Å²) in [5, 5.41) is 14.3. The molecule has 0 radical (unpaired) electrons. The maximum Gasteiger partial charge on any atom is 0.0862 e. The van der Waals surface area contributed by atoms with Gasteiger partial charge in [0.05, 0.1) is 24.5 Å². The van der Waals surface area contributed by atoms with Crippen molar-refractivity contribution in [1.82, 2.24) is 19.6 Å². The van der Waals surface area contributed by atoms with Crippen LogP contribution in [0.1, 0.15) is 25.7 Å². The van der Waals surface area contributed by atoms with Crippen LogP contribution >= 0.6 is 0 Å². The maximum atomic E-state index is 10.2. The Bertz CT molecular complexity index is 443. The lowest BCUT2D eigenvalue weighted by Gasteiger charge is -2.32. The number of β-amino-alcohol motifs (C(OH)–C–C–N with tert-alkyl or cyclic N) is 1. The summed E-state index contributed by atoms with van der Waals surface area (Å²) in [6.07, 6.45) is 8.32. The number of likely N-dealkylation sites (tertiary alicyclic amines) is 2. The number of hydrogen-bond acceptors (Lipinski definition) is 5. The van der Waals surface area contributed by atoms with Gasteiger partial charge in [0.15, 0.2) is 0 Å². The van der Waals surface area contributed by atoms with Crippen LogP contribution in [-0.2, 0) is 6.54 Å². The van der Waals surface area contributed by atoms with E-state index in [9.17, 15) is 5.11 Å². The van der Waals surface area contributed by atoms with Crippen LogP contribution in [0.2, 0.25) is 0 Å². The molecule has 6 heteroatoms. The SMILES string of the molecule is Nc1cnn(CC(O)CN2CCC(N3CCCCC3)C2)c1. The largest absolute Gasteiger partial charge is 0.396 e. The number of aliphatic hydroxyl groups excluding tert-OH is 1. The Hall–Kier alpha value is -1.11. The Morgan fingerprint density at radius 1 is 1.24 bits per heavy atom. The van der Waals surface area contributed by atoms with Gasteiger partial charge in [0, 0.05) is 25.3 Å². The van der Waals surface area contributed by atoms with E-state index < -0.39 is 0 Å². The molecule has 2 saturated heterocycles. The Kier molecular flexibility index (Phi) is 4.77. The molecule has 1 aromatic rings. The zero-order valence-corrected chi connectivity index (χ0v) is 12.7. The highest BCUT2D eigenvalue weighted by molar-refractivity contribution is 5.30. The molecule has 21 heavy (non-hydrogen) atoms. The van der Waals surface area contributed by atoms with Crippen molar-refractivity contribution in [2.45, 2.75) is 44.4 Å². The molecule has 6 nitrogen and oxygen atoms in total. The zero-order valence-electron chi connectivity index (χ0n) is 12.7. The minimum Gasteiger partial charge on any atom is -0.396 e. The van der Waals surface area contributed by atoms with Gasteiger partial charge in [-0.3, -0.25) is 14.5 Å². The van der Waals surface area contributed by atoms with Crippen LogP contribution in [0.15, 0.2) is 12.4 Å². The van der Waals surface area contributed by atoms with Crippen LogP contribution in [0.3, 0.4) is 0 Å². The molecule has 0 saturated carbocycles. The molecule has 1 aromatic heterocycles. The topological polar surface area (TPSA) is 70.5 Å². The van der Waals surface area contributed by atoms with Crippen molar-refractivity contribution >= 4 is 5.69 Å². The molecule has 0 bridgehead atoms. The van der Waals surface area contributed by atoms with E-state index in [1.165, 1.54) is 38.8 Å². The van der Waals surface area contributed by atoms with Gasteiger partial charge in [-0.25, -0.2) is 0 Å². The van der Waals surface area contributed by atoms with Gasteiger partial charge in [-0.2, -0.15) is 5.10 Å². The monoisotopic (exact) mass is 293 g/mol. The molecule has 2 atom stereocenters. The van der Waals surface area contributed by atoms with Gasteiger partial charge in [0.25, 0.3) is 0 Å². The third-order valence-corrected chi connectivity index (χ3v) is 4.67. The summed E-state index contributed by atoms with van der Waals surface area (Å²) in [6, 6.07) is 0.692. The molecule has 2 fully saturated rings. The number of rotatable bonds is 5. The normalized spacial score (nSPS) is 26.2. The summed E-state index contributed by atoms with van der Waals surface area (Å²) in [5.41, 5.74) is 6.28. The van der Waals surface area contributed by atoms with Crippen molar-refractivity contribution in [2.24, 2.45) is 0 Å². The van der Waals surface area contributed by atoms with Crippen LogP contribution in [0.5, 0.6) is 0 Å². The molecular weight excluding hydrogens is 266 g/mol. The lowest BCUT2D eigenvalue weighted by Crippen LogP contribution is -2.42. The van der Waals surface area contributed by atoms with E-state index in [1.807, 2.05) is 0 Å². The summed E-state index contributed by atoms with van der Waals surface area (Å²) in [4.78, 5) is 5.03. The molecule has 3 rings (SSSR count). The Balaban J connectivity index is 1.43. The van der Waals surface area contributed by atoms with Gasteiger partial charge < -0.3 is 10.8 Å². The van der Waals surface area contributed by atoms with Crippen LogP contribution in [0.25, 0.3) is 0 Å². The minimum atomic E-state index is -0.385. The highest BCUT2D eigenvalue weighted by Crippen LogP contribution is 2.20. The highest BCUT2D eigenvalue weighted by Gasteiger charge is 2.29. The van der Waals surface area contributed by atoms with Gasteiger partial charge >= 0.3 is 0 Å². The first-order chi connectivity index (χ1) is 10.2. The Morgan fingerprint density at radius 2 is 2.05 bits per heavy atom. The van der Waals surface area contributed by atoms with Gasteiger partial charge in [0.1, 0.15) is 0 Å². The second kappa shape index (κ2) is 6.77. The van der Waals surface area contributed by atoms with Crippen LogP contribution in [0, 0.1) is 0 Å². The van der Waals surface area contributed by atoms with Crippen LogP contribution in [-0.4, -0.2) is 69.6 Å². The number of piperidine rings is 1. The molecule has 2 aliphatic heterocycles. The average Bonchev–Trinajstić information content (AvgIpc) is 3.09. The van der Waals surface area contributed by atoms with E-state index in [4.69, 9.17) is 5.73 Å². The number of hydrogen-bond donors (Lipinski definition) is 2. The molecule has 2 unspecified atom stereocenters. The van der Waals surface area contributed by atoms with Crippen molar-refractivity contribution < 1.29 is 5.11 Å². The molecular formula is C15H27N5O. The van der Waals surface area contributed by atoms with Gasteiger partial charge in [-0.05, 0) is 38.9 Å². The smallest absolute Gasteiger partial charge is 0.0862 e. The zero-order chi connectivity index (χ0) is 14.7. The van der Waals surface area contributed by atoms with Crippen LogP contribution in [0.4, 0.5) is 5.69 Å². The van der Waals surface area contributed by atoms with Gasteiger partial charge in [0.2, 0.25) is 0 Å². The molecule has 3 N–H and O–H groups in total. The standard InChI is InChI=1S/C15H27N5O/c16-13-8-17-20(9-13)12-15(21)11-18-7-4-14(10-18)19-5-2-1-3-6-19/h8-9,14-15,21H,1-7,10-12,16H2. The summed E-state index contributed by atoms with van der Waals surface area (Å²) in [7, 11) is 0. The van der Waals surface area contributed by atoms with Crippen molar-refractivity contribution in [1.29, 1.82) is 0 Å². The molecule has 0 spiro atoms. The van der Waals surface area contributed by atoms with E-state index >= 15 is 0 Å². The molecule has 0 aliphatic carbocycles.